The van der Waals surface area contributed by atoms with Crippen LogP contribution in [0.4, 0.5) is 8.78 Å². The Morgan fingerprint density at radius 3 is 2.42 bits per heavy atom. The third kappa shape index (κ3) is 7.04. The maximum atomic E-state index is 15.6. The molecule has 0 radical (unpaired) electrons. The number of amides is 3. The molecule has 6 heterocycles. The van der Waals surface area contributed by atoms with Gasteiger partial charge in [-0.15, -0.1) is 22.7 Å². The van der Waals surface area contributed by atoms with Crippen molar-refractivity contribution in [2.45, 2.75) is 49.5 Å². The first kappa shape index (κ1) is 39.5. The largest absolute Gasteiger partial charge is 0.489 e. The minimum absolute atomic E-state index is 0.0184. The molecular weight excluding hydrogens is 813 g/mol. The zero-order chi connectivity index (χ0) is 42.0. The van der Waals surface area contributed by atoms with E-state index in [4.69, 9.17) is 19.7 Å². The van der Waals surface area contributed by atoms with Crippen LogP contribution in [-0.2, 0) is 16.0 Å². The topological polar surface area (TPSA) is 236 Å². The van der Waals surface area contributed by atoms with Gasteiger partial charge in [-0.2, -0.15) is 4.98 Å². The van der Waals surface area contributed by atoms with Crippen molar-refractivity contribution in [1.82, 2.24) is 30.3 Å². The third-order valence-corrected chi connectivity index (χ3v) is 12.1. The van der Waals surface area contributed by atoms with Gasteiger partial charge in [-0.1, -0.05) is 28.8 Å². The molecule has 3 amide bonds. The zero-order valence-electron chi connectivity index (χ0n) is 31.1. The highest BCUT2D eigenvalue weighted by molar-refractivity contribution is 7.14. The van der Waals surface area contributed by atoms with Gasteiger partial charge >= 0.3 is 0 Å². The second kappa shape index (κ2) is 14.5. The van der Waals surface area contributed by atoms with Gasteiger partial charge in [0.1, 0.15) is 24.8 Å². The van der Waals surface area contributed by atoms with Crippen LogP contribution < -0.4 is 20.5 Å². The van der Waals surface area contributed by atoms with Gasteiger partial charge in [0.2, 0.25) is 23.5 Å². The van der Waals surface area contributed by atoms with Crippen molar-refractivity contribution in [2.24, 2.45) is 5.73 Å². The fourth-order valence-corrected chi connectivity index (χ4v) is 8.45. The number of ether oxygens (including phenoxy) is 2. The van der Waals surface area contributed by atoms with Gasteiger partial charge in [-0.05, 0) is 43.3 Å². The van der Waals surface area contributed by atoms with E-state index in [9.17, 15) is 29.7 Å². The molecule has 3 aromatic heterocycles. The van der Waals surface area contributed by atoms with Gasteiger partial charge in [0.05, 0.1) is 21.1 Å². The number of benzene rings is 2. The predicted molar refractivity (Wildman–Crippen MR) is 204 cm³/mol. The van der Waals surface area contributed by atoms with Crippen molar-refractivity contribution in [1.29, 1.82) is 0 Å². The van der Waals surface area contributed by atoms with Crippen LogP contribution in [0.1, 0.15) is 71.7 Å². The van der Waals surface area contributed by atoms with Crippen molar-refractivity contribution in [3.63, 3.8) is 0 Å². The summed E-state index contributed by atoms with van der Waals surface area (Å²) in [6.45, 7) is 1.32. The number of likely N-dealkylation sites (N-methyl/N-ethyl adjacent to an activating group) is 1. The number of aromatic nitrogens is 4. The Morgan fingerprint density at radius 1 is 1.07 bits per heavy atom. The smallest absolute Gasteiger partial charge is 0.283 e. The standard InChI is InChI=1S/C39H31F2N7O9S2/c1-18-43-34(47-57-18)37(2,52)10-8-19-4-6-24-21(14-19)26-28(23(41)16-55-24)58-33(44-26)31(50)46-35-39(54,17-40)29-27(45-32(59-29)30(42)49)22-15-20(5-7-25(22)56-35)9-11-38(53)12-13-48(3)36(38)51/h4-7,14-15,23,35,52-54H,12-13,16-17H2,1-3H3,(H2,42,49)(H,46,50). The van der Waals surface area contributed by atoms with E-state index in [1.165, 1.54) is 30.0 Å². The van der Waals surface area contributed by atoms with Crippen LogP contribution in [0.3, 0.4) is 0 Å². The lowest BCUT2D eigenvalue weighted by Gasteiger charge is -2.32. The average molecular weight is 844 g/mol. The molecule has 59 heavy (non-hydrogen) atoms. The number of likely N-dealkylation sites (tertiary alicyclic amines) is 1. The number of thiazole rings is 2. The number of carbonyl (C=O) groups is 3. The molecule has 6 N–H and O–H groups in total. The van der Waals surface area contributed by atoms with E-state index in [-0.39, 0.29) is 71.9 Å². The molecule has 302 valence electrons. The summed E-state index contributed by atoms with van der Waals surface area (Å²) >= 11 is 1.30. The number of alkyl halides is 2. The first-order valence-electron chi connectivity index (χ1n) is 17.7. The average Bonchev–Trinajstić information content (AvgIpc) is 4.01. The van der Waals surface area contributed by atoms with Crippen LogP contribution in [0, 0.1) is 30.6 Å². The summed E-state index contributed by atoms with van der Waals surface area (Å²) in [6.07, 6.45) is -3.50. The number of hydrogen-bond donors (Lipinski definition) is 5. The maximum absolute atomic E-state index is 15.6. The van der Waals surface area contributed by atoms with E-state index in [0.29, 0.717) is 40.3 Å². The molecule has 20 heteroatoms. The molecule has 2 aromatic carbocycles. The number of halogens is 2. The predicted octanol–water partition coefficient (Wildman–Crippen LogP) is 2.64. The Kier molecular flexibility index (Phi) is 9.73. The lowest BCUT2D eigenvalue weighted by molar-refractivity contribution is -0.137. The van der Waals surface area contributed by atoms with Crippen LogP contribution in [0.25, 0.3) is 22.5 Å². The normalized spacial score (nSPS) is 22.6. The summed E-state index contributed by atoms with van der Waals surface area (Å²) in [5.74, 6) is 8.84. The highest BCUT2D eigenvalue weighted by atomic mass is 32.1. The molecule has 8 rings (SSSR count). The van der Waals surface area contributed by atoms with E-state index in [1.54, 1.807) is 32.2 Å². The summed E-state index contributed by atoms with van der Waals surface area (Å²) < 4.78 is 47.6. The summed E-state index contributed by atoms with van der Waals surface area (Å²) in [5.41, 5.74) is 0.248. The quantitative estimate of drug-likeness (QED) is 0.160. The fraction of sp³-hybridized carbons (Fsp3) is 0.308. The molecule has 5 aromatic rings. The van der Waals surface area contributed by atoms with Gasteiger partial charge in [0.15, 0.2) is 27.4 Å². The van der Waals surface area contributed by atoms with Gasteiger partial charge in [-0.3, -0.25) is 14.4 Å². The molecule has 0 spiro atoms. The number of aliphatic hydroxyl groups is 3. The monoisotopic (exact) mass is 843 g/mol. The van der Waals surface area contributed by atoms with Gasteiger partial charge in [-0.25, -0.2) is 18.7 Å². The third-order valence-electron chi connectivity index (χ3n) is 9.70. The number of nitrogens with two attached hydrogens (primary N) is 1. The highest BCUT2D eigenvalue weighted by Gasteiger charge is 2.49. The lowest BCUT2D eigenvalue weighted by atomic mass is 9.97. The molecule has 5 unspecified atom stereocenters. The molecule has 1 saturated heterocycles. The van der Waals surface area contributed by atoms with Crippen LogP contribution in [0.15, 0.2) is 40.9 Å². The number of nitrogens with one attached hydrogen (secondary N) is 1. The van der Waals surface area contributed by atoms with Gasteiger partial charge < -0.3 is 45.3 Å². The molecule has 16 nitrogen and oxygen atoms in total. The number of hydrogen-bond acceptors (Lipinski definition) is 15. The number of primary amides is 1. The second-order valence-corrected chi connectivity index (χ2v) is 16.1. The minimum atomic E-state index is -2.65. The van der Waals surface area contributed by atoms with Crippen LogP contribution >= 0.6 is 22.7 Å². The van der Waals surface area contributed by atoms with Crippen LogP contribution in [-0.4, -0.2) is 96.8 Å². The van der Waals surface area contributed by atoms with Crippen molar-refractivity contribution < 1.29 is 52.5 Å². The van der Waals surface area contributed by atoms with E-state index in [2.05, 4.69) is 49.1 Å². The van der Waals surface area contributed by atoms with Crippen molar-refractivity contribution in [2.75, 3.05) is 26.9 Å². The first-order chi connectivity index (χ1) is 28.0. The Hall–Kier alpha value is -6.29. The lowest BCUT2D eigenvalue weighted by Crippen LogP contribution is -2.54. The molecule has 1 fully saturated rings. The summed E-state index contributed by atoms with van der Waals surface area (Å²) in [5, 5.41) is 39.3. The molecule has 0 bridgehead atoms. The van der Waals surface area contributed by atoms with E-state index in [1.807, 2.05) is 0 Å². The Bertz CT molecular complexity index is 2710. The van der Waals surface area contributed by atoms with Gasteiger partial charge in [0, 0.05) is 49.2 Å². The Morgan fingerprint density at radius 2 is 1.76 bits per heavy atom. The summed E-state index contributed by atoms with van der Waals surface area (Å²) in [7, 11) is 1.54. The number of rotatable bonds is 5. The Labute approximate surface area is 341 Å². The minimum Gasteiger partial charge on any atom is -0.489 e. The number of aryl methyl sites for hydroxylation is 1. The first-order valence-corrected chi connectivity index (χ1v) is 19.3. The van der Waals surface area contributed by atoms with Crippen molar-refractivity contribution >= 4 is 40.4 Å². The number of carbonyl (C=O) groups excluding carboxylic acids is 3. The highest BCUT2D eigenvalue weighted by Crippen LogP contribution is 2.47. The molecule has 3 aliphatic rings. The number of fused-ring (bicyclic) bond motifs is 6. The fourth-order valence-electron chi connectivity index (χ4n) is 6.48. The molecular formula is C39H31F2N7O9S2. The van der Waals surface area contributed by atoms with E-state index in [0.717, 1.165) is 0 Å². The van der Waals surface area contributed by atoms with Crippen LogP contribution in [0.2, 0.25) is 0 Å². The molecule has 3 aliphatic heterocycles. The van der Waals surface area contributed by atoms with Crippen molar-refractivity contribution in [3.8, 4) is 57.7 Å². The number of nitrogens with zero attached hydrogens (tertiary/aromatic N) is 5. The maximum Gasteiger partial charge on any atom is 0.283 e. The summed E-state index contributed by atoms with van der Waals surface area (Å²) in [6, 6.07) is 9.02. The van der Waals surface area contributed by atoms with E-state index >= 15 is 8.78 Å². The summed E-state index contributed by atoms with van der Waals surface area (Å²) in [4.78, 5) is 52.7. The zero-order valence-corrected chi connectivity index (χ0v) is 32.8. The molecule has 5 atom stereocenters. The van der Waals surface area contributed by atoms with Gasteiger partial charge in [0.25, 0.3) is 17.7 Å². The van der Waals surface area contributed by atoms with Crippen molar-refractivity contribution in [3.05, 3.63) is 79.0 Å². The van der Waals surface area contributed by atoms with Crippen LogP contribution in [0.5, 0.6) is 11.5 Å². The second-order valence-electron chi connectivity index (χ2n) is 14.1. The molecule has 0 aliphatic carbocycles. The SMILES string of the molecule is Cc1nc(C(C)(O)C#Cc2ccc3c(c2)-c2nc(C(=O)NC4Oc5ccc(C#CC6(O)CCN(C)C6=O)cc5-c5nc(C(N)=O)sc5C4(O)CF)sc2C(F)CO3)no1. The van der Waals surface area contributed by atoms with E-state index < -0.39 is 60.2 Å². The Balaban J connectivity index is 1.13. The molecule has 0 saturated carbocycles.